The first-order valence-corrected chi connectivity index (χ1v) is 17.3. The maximum absolute atomic E-state index is 4.96. The zero-order valence-corrected chi connectivity index (χ0v) is 27.0. The van der Waals surface area contributed by atoms with Gasteiger partial charge in [0.1, 0.15) is 0 Å². The van der Waals surface area contributed by atoms with Crippen LogP contribution in [0.5, 0.6) is 0 Å². The predicted molar refractivity (Wildman–Crippen MR) is 200 cm³/mol. The van der Waals surface area contributed by atoms with Gasteiger partial charge in [-0.15, -0.1) is 11.3 Å². The third-order valence-electron chi connectivity index (χ3n) is 9.99. The van der Waals surface area contributed by atoms with Crippen molar-refractivity contribution in [1.29, 1.82) is 0 Å². The second-order valence-corrected chi connectivity index (χ2v) is 13.8. The molecule has 4 heteroatoms. The Morgan fingerprint density at radius 2 is 1.31 bits per heavy atom. The van der Waals surface area contributed by atoms with E-state index in [1.807, 2.05) is 29.9 Å². The Kier molecular flexibility index (Phi) is 6.24. The van der Waals surface area contributed by atoms with E-state index < -0.39 is 0 Å². The highest BCUT2D eigenvalue weighted by Gasteiger charge is 2.22. The minimum Gasteiger partial charge on any atom is -0.256 e. The highest BCUT2D eigenvalue weighted by atomic mass is 32.1. The van der Waals surface area contributed by atoms with Gasteiger partial charge in [0, 0.05) is 50.4 Å². The molecule has 0 aliphatic heterocycles. The zero-order chi connectivity index (χ0) is 31.6. The van der Waals surface area contributed by atoms with Gasteiger partial charge in [-0.1, -0.05) is 97.1 Å². The molecule has 0 spiro atoms. The van der Waals surface area contributed by atoms with E-state index in [1.54, 1.807) is 0 Å². The molecule has 3 heterocycles. The topological polar surface area (TPSA) is 38.7 Å². The quantitative estimate of drug-likeness (QED) is 0.194. The fourth-order valence-electron chi connectivity index (χ4n) is 7.62. The van der Waals surface area contributed by atoms with Gasteiger partial charge in [-0.25, -0.2) is 9.97 Å². The molecule has 0 atom stereocenters. The van der Waals surface area contributed by atoms with Crippen LogP contribution in [-0.4, -0.2) is 15.0 Å². The number of allylic oxidation sites excluding steroid dienone is 1. The van der Waals surface area contributed by atoms with E-state index in [1.165, 1.54) is 59.1 Å². The smallest absolute Gasteiger partial charge is 0.160 e. The number of hydrogen-bond acceptors (Lipinski definition) is 4. The SMILES string of the molecule is C1=Cc2sc3c(-c4ncc(-c5cccc6cc(-c7ccc(-c8cccc9c8Cc8ccccc8-9)nc7)ccc56)cn4)cccc3c2CC1. The molecule has 0 N–H and O–H groups in total. The number of aromatic nitrogens is 3. The number of nitrogens with zero attached hydrogens (tertiary/aromatic N) is 3. The third kappa shape index (κ3) is 4.37. The molecule has 226 valence electrons. The molecule has 2 aliphatic carbocycles. The van der Waals surface area contributed by atoms with Gasteiger partial charge in [-0.3, -0.25) is 4.98 Å². The number of hydrogen-bond donors (Lipinski definition) is 0. The van der Waals surface area contributed by atoms with E-state index in [0.29, 0.717) is 0 Å². The Bertz CT molecular complexity index is 2580. The van der Waals surface area contributed by atoms with Crippen LogP contribution in [0.3, 0.4) is 0 Å². The summed E-state index contributed by atoms with van der Waals surface area (Å²) in [5.41, 5.74) is 14.6. The van der Waals surface area contributed by atoms with Gasteiger partial charge in [0.25, 0.3) is 0 Å². The van der Waals surface area contributed by atoms with Crippen molar-refractivity contribution in [3.05, 3.63) is 155 Å². The minimum atomic E-state index is 0.774. The fraction of sp³-hybridized carbons (Fsp3) is 0.0682. The molecule has 0 unspecified atom stereocenters. The van der Waals surface area contributed by atoms with Gasteiger partial charge in [0.15, 0.2) is 5.82 Å². The highest BCUT2D eigenvalue weighted by molar-refractivity contribution is 7.20. The van der Waals surface area contributed by atoms with Crippen molar-refractivity contribution in [2.45, 2.75) is 19.3 Å². The van der Waals surface area contributed by atoms with Crippen LogP contribution in [0.15, 0.2) is 134 Å². The summed E-state index contributed by atoms with van der Waals surface area (Å²) in [7, 11) is 0. The van der Waals surface area contributed by atoms with E-state index in [2.05, 4.69) is 121 Å². The molecule has 5 aromatic carbocycles. The monoisotopic (exact) mass is 631 g/mol. The molecule has 0 radical (unpaired) electrons. The van der Waals surface area contributed by atoms with Crippen LogP contribution in [0.4, 0.5) is 0 Å². The molecular weight excluding hydrogens is 603 g/mol. The van der Waals surface area contributed by atoms with Crippen LogP contribution in [0.25, 0.3) is 83.0 Å². The van der Waals surface area contributed by atoms with Crippen LogP contribution in [0, 0.1) is 0 Å². The molecule has 3 nitrogen and oxygen atoms in total. The van der Waals surface area contributed by atoms with Crippen molar-refractivity contribution in [2.75, 3.05) is 0 Å². The van der Waals surface area contributed by atoms with Crippen molar-refractivity contribution in [3.8, 4) is 56.0 Å². The summed E-state index contributed by atoms with van der Waals surface area (Å²) in [4.78, 5) is 16.1. The first kappa shape index (κ1) is 27.4. The summed E-state index contributed by atoms with van der Waals surface area (Å²) < 4.78 is 1.28. The van der Waals surface area contributed by atoms with Gasteiger partial charge >= 0.3 is 0 Å². The number of thiophene rings is 1. The summed E-state index contributed by atoms with van der Waals surface area (Å²) in [5.74, 6) is 0.774. The molecule has 0 bridgehead atoms. The molecule has 3 aromatic heterocycles. The average molecular weight is 632 g/mol. The second kappa shape index (κ2) is 10.9. The Hall–Kier alpha value is -5.71. The lowest BCUT2D eigenvalue weighted by atomic mass is 9.96. The maximum atomic E-state index is 4.96. The molecule has 48 heavy (non-hydrogen) atoms. The Labute approximate surface area is 283 Å². The van der Waals surface area contributed by atoms with Crippen LogP contribution in [0.1, 0.15) is 28.0 Å². The molecule has 8 aromatic rings. The fourth-order valence-corrected chi connectivity index (χ4v) is 8.91. The van der Waals surface area contributed by atoms with Crippen LogP contribution in [-0.2, 0) is 12.8 Å². The summed E-state index contributed by atoms with van der Waals surface area (Å²) in [6, 6.07) is 39.3. The van der Waals surface area contributed by atoms with Crippen LogP contribution in [0.2, 0.25) is 0 Å². The minimum absolute atomic E-state index is 0.774. The highest BCUT2D eigenvalue weighted by Crippen LogP contribution is 2.42. The van der Waals surface area contributed by atoms with Crippen molar-refractivity contribution in [1.82, 2.24) is 15.0 Å². The van der Waals surface area contributed by atoms with E-state index in [9.17, 15) is 0 Å². The van der Waals surface area contributed by atoms with Crippen molar-refractivity contribution < 1.29 is 0 Å². The third-order valence-corrected chi connectivity index (χ3v) is 11.2. The van der Waals surface area contributed by atoms with E-state index in [-0.39, 0.29) is 0 Å². The first-order valence-electron chi connectivity index (χ1n) is 16.5. The number of rotatable bonds is 4. The standard InChI is InChI=1S/C44H29N3S/c1-2-10-32-29(8-1)23-40-35(32)13-6-14-36(40)41-21-19-30(24-45-41)27-18-20-34-28(22-27)9-5-12-33(34)31-25-46-44(47-26-31)39-16-7-15-38-37-11-3-4-17-42(37)48-43(38)39/h1-2,4-10,12-22,24-26H,3,11,23H2. The number of pyridine rings is 1. The molecule has 2 aliphatic rings. The lowest BCUT2D eigenvalue weighted by Gasteiger charge is -2.11. The number of aryl methyl sites for hydroxylation is 1. The molecule has 10 rings (SSSR count). The van der Waals surface area contributed by atoms with Crippen LogP contribution < -0.4 is 0 Å². The Morgan fingerprint density at radius 3 is 2.23 bits per heavy atom. The van der Waals surface area contributed by atoms with E-state index in [4.69, 9.17) is 15.0 Å². The van der Waals surface area contributed by atoms with Gasteiger partial charge < -0.3 is 0 Å². The van der Waals surface area contributed by atoms with Gasteiger partial charge in [-0.05, 0) is 98.6 Å². The predicted octanol–water partition coefficient (Wildman–Crippen LogP) is 11.4. The first-order chi connectivity index (χ1) is 23.8. The summed E-state index contributed by atoms with van der Waals surface area (Å²) in [6.45, 7) is 0. The maximum Gasteiger partial charge on any atom is 0.160 e. The average Bonchev–Trinajstić information content (AvgIpc) is 3.73. The zero-order valence-electron chi connectivity index (χ0n) is 26.2. The summed E-state index contributed by atoms with van der Waals surface area (Å²) in [5, 5.41) is 3.70. The van der Waals surface area contributed by atoms with Crippen LogP contribution >= 0.6 is 11.3 Å². The van der Waals surface area contributed by atoms with Crippen molar-refractivity contribution in [3.63, 3.8) is 0 Å². The van der Waals surface area contributed by atoms with E-state index >= 15 is 0 Å². The molecule has 0 saturated heterocycles. The molecule has 0 saturated carbocycles. The molecule has 0 fully saturated rings. The van der Waals surface area contributed by atoms with Gasteiger partial charge in [0.2, 0.25) is 0 Å². The van der Waals surface area contributed by atoms with Crippen molar-refractivity contribution in [2.24, 2.45) is 0 Å². The van der Waals surface area contributed by atoms with Gasteiger partial charge in [0.05, 0.1) is 5.69 Å². The normalized spacial score (nSPS) is 13.1. The number of fused-ring (bicyclic) bond motifs is 7. The van der Waals surface area contributed by atoms with Crippen molar-refractivity contribution >= 4 is 38.3 Å². The Morgan fingerprint density at radius 1 is 0.542 bits per heavy atom. The molecular formula is C44H29N3S. The summed E-state index contributed by atoms with van der Waals surface area (Å²) in [6.07, 6.45) is 13.7. The van der Waals surface area contributed by atoms with E-state index in [0.717, 1.165) is 58.6 Å². The lowest BCUT2D eigenvalue weighted by Crippen LogP contribution is -1.92. The number of benzene rings is 5. The van der Waals surface area contributed by atoms with Gasteiger partial charge in [-0.2, -0.15) is 0 Å². The Balaban J connectivity index is 0.951. The molecule has 0 amide bonds. The second-order valence-electron chi connectivity index (χ2n) is 12.7. The lowest BCUT2D eigenvalue weighted by molar-refractivity contribution is 1.01. The summed E-state index contributed by atoms with van der Waals surface area (Å²) >= 11 is 1.85. The largest absolute Gasteiger partial charge is 0.256 e.